The van der Waals surface area contributed by atoms with E-state index in [2.05, 4.69) is 21.2 Å². The quantitative estimate of drug-likeness (QED) is 0.241. The van der Waals surface area contributed by atoms with Gasteiger partial charge in [-0.3, -0.25) is 13.9 Å². The van der Waals surface area contributed by atoms with Gasteiger partial charge in [-0.1, -0.05) is 83.2 Å². The second kappa shape index (κ2) is 14.1. The van der Waals surface area contributed by atoms with E-state index in [-0.39, 0.29) is 23.4 Å². The number of sulfonamides is 1. The van der Waals surface area contributed by atoms with Gasteiger partial charge in [-0.05, 0) is 67.8 Å². The monoisotopic (exact) mass is 679 g/mol. The zero-order valence-corrected chi connectivity index (χ0v) is 26.5. The normalized spacial score (nSPS) is 14.4. The number of benzene rings is 3. The minimum atomic E-state index is -4.14. The Balaban J connectivity index is 1.73. The summed E-state index contributed by atoms with van der Waals surface area (Å²) in [5.74, 6) is -0.839. The lowest BCUT2D eigenvalue weighted by Gasteiger charge is -2.34. The highest BCUT2D eigenvalue weighted by Gasteiger charge is 2.35. The van der Waals surface area contributed by atoms with Gasteiger partial charge in [0.25, 0.3) is 10.0 Å². The third-order valence-electron chi connectivity index (χ3n) is 7.20. The Labute approximate surface area is 260 Å². The molecule has 1 fully saturated rings. The predicted octanol–water partition coefficient (Wildman–Crippen LogP) is 6.82. The number of carbonyl (C=O) groups is 2. The maximum Gasteiger partial charge on any atom is 0.264 e. The summed E-state index contributed by atoms with van der Waals surface area (Å²) in [6, 6.07) is 18.8. The van der Waals surface area contributed by atoms with E-state index in [0.717, 1.165) is 34.5 Å². The molecule has 1 saturated carbocycles. The number of anilines is 1. The molecule has 0 aromatic heterocycles. The summed E-state index contributed by atoms with van der Waals surface area (Å²) in [5.41, 5.74) is 0.794. The Bertz CT molecular complexity index is 1450. The summed E-state index contributed by atoms with van der Waals surface area (Å²) in [5, 5.41) is 3.79. The summed E-state index contributed by atoms with van der Waals surface area (Å²) >= 11 is 16.3. The van der Waals surface area contributed by atoms with Gasteiger partial charge in [-0.25, -0.2) is 8.42 Å². The Morgan fingerprint density at radius 1 is 0.951 bits per heavy atom. The molecule has 1 aliphatic carbocycles. The van der Waals surface area contributed by atoms with Crippen molar-refractivity contribution in [1.29, 1.82) is 0 Å². The van der Waals surface area contributed by atoms with E-state index < -0.39 is 28.5 Å². The van der Waals surface area contributed by atoms with Crippen molar-refractivity contribution in [2.75, 3.05) is 10.8 Å². The van der Waals surface area contributed by atoms with Gasteiger partial charge in [0, 0.05) is 32.7 Å². The summed E-state index contributed by atoms with van der Waals surface area (Å²) in [6.45, 7) is 1.22. The number of rotatable bonds is 11. The topological polar surface area (TPSA) is 86.8 Å². The van der Waals surface area contributed by atoms with E-state index in [1.807, 2.05) is 6.92 Å². The second-order valence-electron chi connectivity index (χ2n) is 9.94. The molecule has 7 nitrogen and oxygen atoms in total. The molecule has 0 unspecified atom stereocenters. The van der Waals surface area contributed by atoms with Crippen molar-refractivity contribution in [2.45, 2.75) is 62.6 Å². The molecule has 3 aromatic rings. The molecule has 41 heavy (non-hydrogen) atoms. The highest BCUT2D eigenvalue weighted by atomic mass is 79.9. The average molecular weight is 681 g/mol. The molecular weight excluding hydrogens is 649 g/mol. The minimum Gasteiger partial charge on any atom is -0.352 e. The molecule has 0 spiro atoms. The summed E-state index contributed by atoms with van der Waals surface area (Å²) in [7, 11) is -4.14. The molecule has 4 rings (SSSR count). The van der Waals surface area contributed by atoms with Gasteiger partial charge in [0.1, 0.15) is 12.6 Å². The number of nitrogens with one attached hydrogen (secondary N) is 1. The lowest BCUT2D eigenvalue weighted by Crippen LogP contribution is -2.53. The van der Waals surface area contributed by atoms with Crippen LogP contribution in [0.3, 0.4) is 0 Å². The second-order valence-corrected chi connectivity index (χ2v) is 13.5. The Morgan fingerprint density at radius 2 is 1.56 bits per heavy atom. The van der Waals surface area contributed by atoms with Gasteiger partial charge in [0.2, 0.25) is 11.8 Å². The highest BCUT2D eigenvalue weighted by Crippen LogP contribution is 2.29. The van der Waals surface area contributed by atoms with Crippen molar-refractivity contribution in [2.24, 2.45) is 0 Å². The fourth-order valence-electron chi connectivity index (χ4n) is 5.00. The maximum absolute atomic E-state index is 14.2. The van der Waals surface area contributed by atoms with E-state index in [9.17, 15) is 18.0 Å². The van der Waals surface area contributed by atoms with Crippen LogP contribution in [-0.2, 0) is 26.2 Å². The molecule has 1 N–H and O–H groups in total. The number of hydrogen-bond donors (Lipinski definition) is 1. The largest absolute Gasteiger partial charge is 0.352 e. The van der Waals surface area contributed by atoms with E-state index in [1.165, 1.54) is 17.0 Å². The highest BCUT2D eigenvalue weighted by molar-refractivity contribution is 9.10. The fraction of sp³-hybridized carbons (Fsp3) is 0.333. The van der Waals surface area contributed by atoms with Crippen molar-refractivity contribution >= 4 is 66.7 Å². The van der Waals surface area contributed by atoms with E-state index in [0.29, 0.717) is 27.7 Å². The molecule has 2 amide bonds. The molecule has 1 atom stereocenters. The standard InChI is InChI=1S/C30H32BrCl2N3O4S/c1-2-28(30(38)34-22-9-6-7-10-22)35(19-25-26(32)13-8-14-27(25)33)29(37)20-36(23-17-15-21(31)16-18-23)41(39,40)24-11-4-3-5-12-24/h3-5,8,11-18,22,28H,2,6-7,9-10,19-20H2,1H3,(H,34,38)/t28-/m1/s1. The van der Waals surface area contributed by atoms with Crippen LogP contribution in [0.1, 0.15) is 44.6 Å². The van der Waals surface area contributed by atoms with Crippen LogP contribution >= 0.6 is 39.1 Å². The van der Waals surface area contributed by atoms with Crippen molar-refractivity contribution < 1.29 is 18.0 Å². The number of amides is 2. The molecule has 0 aliphatic heterocycles. The van der Waals surface area contributed by atoms with Crippen molar-refractivity contribution in [3.05, 3.63) is 92.9 Å². The summed E-state index contributed by atoms with van der Waals surface area (Å²) < 4.78 is 29.6. The first-order valence-electron chi connectivity index (χ1n) is 13.5. The van der Waals surface area contributed by atoms with E-state index in [4.69, 9.17) is 23.2 Å². The van der Waals surface area contributed by atoms with Gasteiger partial charge < -0.3 is 10.2 Å². The van der Waals surface area contributed by atoms with Crippen LogP contribution < -0.4 is 9.62 Å². The molecule has 218 valence electrons. The van der Waals surface area contributed by atoms with Crippen LogP contribution in [0, 0.1) is 0 Å². The first-order chi connectivity index (χ1) is 19.6. The maximum atomic E-state index is 14.2. The summed E-state index contributed by atoms with van der Waals surface area (Å²) in [4.78, 5) is 29.2. The van der Waals surface area contributed by atoms with Crippen molar-refractivity contribution in [3.8, 4) is 0 Å². The lowest BCUT2D eigenvalue weighted by atomic mass is 10.1. The van der Waals surface area contributed by atoms with Gasteiger partial charge in [-0.2, -0.15) is 0 Å². The molecule has 0 saturated heterocycles. The number of halogens is 3. The zero-order chi connectivity index (χ0) is 29.6. The third kappa shape index (κ3) is 7.63. The lowest BCUT2D eigenvalue weighted by molar-refractivity contribution is -0.140. The minimum absolute atomic E-state index is 0.0439. The van der Waals surface area contributed by atoms with E-state index in [1.54, 1.807) is 60.7 Å². The van der Waals surface area contributed by atoms with Crippen LogP contribution in [0.25, 0.3) is 0 Å². The molecular formula is C30H32BrCl2N3O4S. The molecule has 0 bridgehead atoms. The molecule has 1 aliphatic rings. The smallest absolute Gasteiger partial charge is 0.264 e. The van der Waals surface area contributed by atoms with Gasteiger partial charge in [-0.15, -0.1) is 0 Å². The fourth-order valence-corrected chi connectivity index (χ4v) is 7.21. The van der Waals surface area contributed by atoms with Gasteiger partial charge >= 0.3 is 0 Å². The van der Waals surface area contributed by atoms with E-state index >= 15 is 0 Å². The molecule has 0 radical (unpaired) electrons. The SMILES string of the molecule is CC[C@H](C(=O)NC1CCCC1)N(Cc1c(Cl)cccc1Cl)C(=O)CN(c1ccc(Br)cc1)S(=O)(=O)c1ccccc1. The Morgan fingerprint density at radius 3 is 2.15 bits per heavy atom. The predicted molar refractivity (Wildman–Crippen MR) is 167 cm³/mol. The average Bonchev–Trinajstić information content (AvgIpc) is 3.47. The van der Waals surface area contributed by atoms with Crippen molar-refractivity contribution in [1.82, 2.24) is 10.2 Å². The Kier molecular flexibility index (Phi) is 10.7. The van der Waals surface area contributed by atoms with Crippen LogP contribution in [0.15, 0.2) is 82.2 Å². The molecule has 11 heteroatoms. The van der Waals surface area contributed by atoms with Gasteiger partial charge in [0.15, 0.2) is 0 Å². The van der Waals surface area contributed by atoms with Crippen LogP contribution in [0.4, 0.5) is 5.69 Å². The zero-order valence-electron chi connectivity index (χ0n) is 22.6. The third-order valence-corrected chi connectivity index (χ3v) is 10.2. The summed E-state index contributed by atoms with van der Waals surface area (Å²) in [6.07, 6.45) is 4.17. The van der Waals surface area contributed by atoms with Crippen LogP contribution in [0.2, 0.25) is 10.0 Å². The molecule has 3 aromatic carbocycles. The molecule has 0 heterocycles. The Hall–Kier alpha value is -2.59. The first kappa shape index (κ1) is 31.3. The van der Waals surface area contributed by atoms with Gasteiger partial charge in [0.05, 0.1) is 10.6 Å². The first-order valence-corrected chi connectivity index (χ1v) is 16.5. The number of hydrogen-bond acceptors (Lipinski definition) is 4. The van der Waals surface area contributed by atoms with Crippen molar-refractivity contribution in [3.63, 3.8) is 0 Å². The number of nitrogens with zero attached hydrogens (tertiary/aromatic N) is 2. The van der Waals surface area contributed by atoms with Crippen LogP contribution in [0.5, 0.6) is 0 Å². The number of carbonyl (C=O) groups excluding carboxylic acids is 2. The van der Waals surface area contributed by atoms with Crippen LogP contribution in [-0.4, -0.2) is 43.8 Å².